The van der Waals surface area contributed by atoms with Crippen LogP contribution in [-0.2, 0) is 0 Å². The number of carbonyl (C=O) groups excluding carboxylic acids is 1. The van der Waals surface area contributed by atoms with E-state index in [-0.39, 0.29) is 11.9 Å². The first-order chi connectivity index (χ1) is 8.50. The molecule has 0 aliphatic carbocycles. The Morgan fingerprint density at radius 2 is 2.22 bits per heavy atom. The molecule has 0 N–H and O–H groups in total. The standard InChI is InChI=1S/C13H15BrFNOS/c1-8-9(2)18-6-5-16(8)13(17)10-3-4-11(14)12(15)7-10/h3-4,7-9H,5-6H2,1-2H3. The van der Waals surface area contributed by atoms with Crippen LogP contribution in [0.4, 0.5) is 4.39 Å². The van der Waals surface area contributed by atoms with Gasteiger partial charge in [0, 0.05) is 29.2 Å². The first-order valence-corrected chi connectivity index (χ1v) is 7.72. The maximum Gasteiger partial charge on any atom is 0.254 e. The highest BCUT2D eigenvalue weighted by atomic mass is 79.9. The summed E-state index contributed by atoms with van der Waals surface area (Å²) in [5, 5.41) is 0.419. The normalized spacial score (nSPS) is 24.1. The molecule has 0 spiro atoms. The van der Waals surface area contributed by atoms with Gasteiger partial charge < -0.3 is 4.90 Å². The molecule has 0 radical (unpaired) electrons. The monoisotopic (exact) mass is 331 g/mol. The third kappa shape index (κ3) is 2.72. The van der Waals surface area contributed by atoms with Crippen LogP contribution in [0.1, 0.15) is 24.2 Å². The van der Waals surface area contributed by atoms with Crippen molar-refractivity contribution in [3.05, 3.63) is 34.1 Å². The highest BCUT2D eigenvalue weighted by Gasteiger charge is 2.29. The topological polar surface area (TPSA) is 20.3 Å². The van der Waals surface area contributed by atoms with E-state index in [1.54, 1.807) is 12.1 Å². The zero-order chi connectivity index (χ0) is 13.3. The minimum atomic E-state index is -0.395. The van der Waals surface area contributed by atoms with Crippen LogP contribution >= 0.6 is 27.7 Å². The Morgan fingerprint density at radius 3 is 2.89 bits per heavy atom. The predicted octanol–water partition coefficient (Wildman–Crippen LogP) is 3.55. The van der Waals surface area contributed by atoms with E-state index in [0.29, 0.717) is 15.3 Å². The summed E-state index contributed by atoms with van der Waals surface area (Å²) in [7, 11) is 0. The summed E-state index contributed by atoms with van der Waals surface area (Å²) >= 11 is 4.97. The SMILES string of the molecule is CC1SCCN(C(=O)c2ccc(Br)c(F)c2)C1C. The number of benzene rings is 1. The molecule has 1 amide bonds. The molecule has 1 fully saturated rings. The Morgan fingerprint density at radius 1 is 1.50 bits per heavy atom. The van der Waals surface area contributed by atoms with E-state index in [4.69, 9.17) is 0 Å². The van der Waals surface area contributed by atoms with Crippen LogP contribution in [0.3, 0.4) is 0 Å². The molecule has 0 saturated carbocycles. The molecule has 1 aromatic carbocycles. The molecule has 18 heavy (non-hydrogen) atoms. The van der Waals surface area contributed by atoms with E-state index >= 15 is 0 Å². The molecule has 98 valence electrons. The van der Waals surface area contributed by atoms with Crippen molar-refractivity contribution in [3.8, 4) is 0 Å². The van der Waals surface area contributed by atoms with Crippen LogP contribution in [-0.4, -0.2) is 34.4 Å². The molecule has 2 rings (SSSR count). The number of thioether (sulfide) groups is 1. The van der Waals surface area contributed by atoms with Gasteiger partial charge in [-0.3, -0.25) is 4.79 Å². The van der Waals surface area contributed by atoms with Crippen molar-refractivity contribution in [1.82, 2.24) is 4.90 Å². The zero-order valence-electron chi connectivity index (χ0n) is 10.3. The van der Waals surface area contributed by atoms with E-state index in [1.165, 1.54) is 6.07 Å². The van der Waals surface area contributed by atoms with Crippen molar-refractivity contribution in [1.29, 1.82) is 0 Å². The Bertz CT molecular complexity index is 468. The second-order valence-electron chi connectivity index (χ2n) is 4.44. The lowest BCUT2D eigenvalue weighted by atomic mass is 10.1. The number of hydrogen-bond donors (Lipinski definition) is 0. The van der Waals surface area contributed by atoms with Gasteiger partial charge >= 0.3 is 0 Å². The highest BCUT2D eigenvalue weighted by Crippen LogP contribution is 2.26. The number of rotatable bonds is 1. The number of halogens is 2. The average Bonchev–Trinajstić information content (AvgIpc) is 2.35. The van der Waals surface area contributed by atoms with Gasteiger partial charge in [0.2, 0.25) is 0 Å². The second kappa shape index (κ2) is 5.61. The summed E-state index contributed by atoms with van der Waals surface area (Å²) in [6.45, 7) is 4.90. The summed E-state index contributed by atoms with van der Waals surface area (Å²) in [6, 6.07) is 4.72. The Balaban J connectivity index is 2.22. The smallest absolute Gasteiger partial charge is 0.254 e. The molecule has 2 nitrogen and oxygen atoms in total. The second-order valence-corrected chi connectivity index (χ2v) is 6.78. The van der Waals surface area contributed by atoms with Crippen LogP contribution in [0.2, 0.25) is 0 Å². The minimum Gasteiger partial charge on any atom is -0.334 e. The Kier molecular flexibility index (Phi) is 4.33. The molecule has 0 bridgehead atoms. The summed E-state index contributed by atoms with van der Waals surface area (Å²) < 4.78 is 13.8. The quantitative estimate of drug-likeness (QED) is 0.784. The molecule has 1 heterocycles. The van der Waals surface area contributed by atoms with E-state index in [9.17, 15) is 9.18 Å². The van der Waals surface area contributed by atoms with E-state index in [1.807, 2.05) is 23.6 Å². The Hall–Kier alpha value is -0.550. The summed E-state index contributed by atoms with van der Waals surface area (Å²) in [5.74, 6) is 0.463. The highest BCUT2D eigenvalue weighted by molar-refractivity contribution is 9.10. The van der Waals surface area contributed by atoms with Crippen molar-refractivity contribution >= 4 is 33.6 Å². The first-order valence-electron chi connectivity index (χ1n) is 5.88. The number of hydrogen-bond acceptors (Lipinski definition) is 2. The Labute approximate surface area is 119 Å². The largest absolute Gasteiger partial charge is 0.334 e. The molecule has 1 saturated heterocycles. The van der Waals surface area contributed by atoms with Crippen molar-refractivity contribution < 1.29 is 9.18 Å². The van der Waals surface area contributed by atoms with Crippen molar-refractivity contribution in [2.24, 2.45) is 0 Å². The van der Waals surface area contributed by atoms with Gasteiger partial charge in [-0.2, -0.15) is 11.8 Å². The molecule has 1 aliphatic rings. The van der Waals surface area contributed by atoms with Gasteiger partial charge in [-0.1, -0.05) is 6.92 Å². The molecular weight excluding hydrogens is 317 g/mol. The van der Waals surface area contributed by atoms with E-state index in [0.717, 1.165) is 12.3 Å². The number of carbonyl (C=O) groups is 1. The molecule has 1 aromatic rings. The fraction of sp³-hybridized carbons (Fsp3) is 0.462. The van der Waals surface area contributed by atoms with Crippen molar-refractivity contribution in [2.45, 2.75) is 25.1 Å². The summed E-state index contributed by atoms with van der Waals surface area (Å²) in [6.07, 6.45) is 0. The maximum absolute atomic E-state index is 13.5. The van der Waals surface area contributed by atoms with Crippen LogP contribution in [0.25, 0.3) is 0 Å². The molecule has 2 unspecified atom stereocenters. The number of amides is 1. The van der Waals surface area contributed by atoms with Crippen LogP contribution < -0.4 is 0 Å². The first kappa shape index (κ1) is 13.9. The van der Waals surface area contributed by atoms with Gasteiger partial charge in [0.15, 0.2) is 0 Å². The van der Waals surface area contributed by atoms with Gasteiger partial charge in [-0.15, -0.1) is 0 Å². The lowest BCUT2D eigenvalue weighted by molar-refractivity contribution is 0.0697. The van der Waals surface area contributed by atoms with E-state index < -0.39 is 5.82 Å². The third-order valence-electron chi connectivity index (χ3n) is 3.31. The number of nitrogens with zero attached hydrogens (tertiary/aromatic N) is 1. The fourth-order valence-corrected chi connectivity index (χ4v) is 3.36. The zero-order valence-corrected chi connectivity index (χ0v) is 12.7. The van der Waals surface area contributed by atoms with Crippen molar-refractivity contribution in [2.75, 3.05) is 12.3 Å². The van der Waals surface area contributed by atoms with E-state index in [2.05, 4.69) is 22.9 Å². The molecule has 5 heteroatoms. The molecule has 1 aliphatic heterocycles. The van der Waals surface area contributed by atoms with Crippen LogP contribution in [0, 0.1) is 5.82 Å². The van der Waals surface area contributed by atoms with Crippen LogP contribution in [0.15, 0.2) is 22.7 Å². The average molecular weight is 332 g/mol. The summed E-state index contributed by atoms with van der Waals surface area (Å²) in [5.41, 5.74) is 0.418. The van der Waals surface area contributed by atoms with Crippen LogP contribution in [0.5, 0.6) is 0 Å². The van der Waals surface area contributed by atoms with Gasteiger partial charge in [0.25, 0.3) is 5.91 Å². The summed E-state index contributed by atoms with van der Waals surface area (Å²) in [4.78, 5) is 14.2. The molecule has 2 atom stereocenters. The fourth-order valence-electron chi connectivity index (χ4n) is 2.01. The lowest BCUT2D eigenvalue weighted by Gasteiger charge is -2.37. The van der Waals surface area contributed by atoms with Gasteiger partial charge in [-0.05, 0) is 41.1 Å². The van der Waals surface area contributed by atoms with Gasteiger partial charge in [0.05, 0.1) is 4.47 Å². The van der Waals surface area contributed by atoms with Gasteiger partial charge in [-0.25, -0.2) is 4.39 Å². The predicted molar refractivity (Wildman–Crippen MR) is 76.5 cm³/mol. The van der Waals surface area contributed by atoms with Gasteiger partial charge in [0.1, 0.15) is 5.82 Å². The lowest BCUT2D eigenvalue weighted by Crippen LogP contribution is -2.47. The minimum absolute atomic E-state index is 0.0824. The third-order valence-corrected chi connectivity index (χ3v) is 5.29. The molecular formula is C13H15BrFNOS. The van der Waals surface area contributed by atoms with Crippen molar-refractivity contribution in [3.63, 3.8) is 0 Å². The maximum atomic E-state index is 13.5. The molecule has 0 aromatic heterocycles.